The SMILES string of the molecule is Cl.NC(=O)CCc1ccccc1N. The minimum Gasteiger partial charge on any atom is -0.399 e. The number of hydrogen-bond acceptors (Lipinski definition) is 2. The van der Waals surface area contributed by atoms with Gasteiger partial charge in [0.15, 0.2) is 0 Å². The summed E-state index contributed by atoms with van der Waals surface area (Å²) in [6.45, 7) is 0. The van der Waals surface area contributed by atoms with Crippen LogP contribution in [0, 0.1) is 0 Å². The molecule has 0 saturated heterocycles. The molecule has 0 aromatic heterocycles. The normalized spacial score (nSPS) is 8.92. The lowest BCUT2D eigenvalue weighted by Gasteiger charge is -2.02. The summed E-state index contributed by atoms with van der Waals surface area (Å²) >= 11 is 0. The zero-order valence-corrected chi connectivity index (χ0v) is 8.01. The number of nitrogen functional groups attached to an aromatic ring is 1. The average molecular weight is 201 g/mol. The predicted octanol–water partition coefficient (Wildman–Crippen LogP) is 1.11. The molecule has 0 aliphatic rings. The van der Waals surface area contributed by atoms with Crippen molar-refractivity contribution in [1.82, 2.24) is 0 Å². The quantitative estimate of drug-likeness (QED) is 0.718. The van der Waals surface area contributed by atoms with Crippen LogP contribution >= 0.6 is 12.4 Å². The number of hydrogen-bond donors (Lipinski definition) is 2. The molecule has 1 rings (SSSR count). The number of para-hydroxylation sites is 1. The first kappa shape index (κ1) is 11.8. The summed E-state index contributed by atoms with van der Waals surface area (Å²) in [5.74, 6) is -0.293. The zero-order valence-electron chi connectivity index (χ0n) is 7.19. The second kappa shape index (κ2) is 5.43. The first-order valence-corrected chi connectivity index (χ1v) is 3.82. The minimum atomic E-state index is -0.293. The second-order valence-corrected chi connectivity index (χ2v) is 2.67. The molecule has 0 fully saturated rings. The minimum absolute atomic E-state index is 0. The molecule has 0 heterocycles. The molecule has 1 aromatic carbocycles. The summed E-state index contributed by atoms with van der Waals surface area (Å²) in [6, 6.07) is 7.48. The Hall–Kier alpha value is -1.22. The highest BCUT2D eigenvalue weighted by atomic mass is 35.5. The molecule has 0 aliphatic carbocycles. The molecular formula is C9H13ClN2O. The fraction of sp³-hybridized carbons (Fsp3) is 0.222. The maximum absolute atomic E-state index is 10.5. The Balaban J connectivity index is 0.00000144. The Morgan fingerprint density at radius 1 is 1.31 bits per heavy atom. The number of carbonyl (C=O) groups excluding carboxylic acids is 1. The van der Waals surface area contributed by atoms with E-state index in [0.29, 0.717) is 12.8 Å². The third-order valence-electron chi connectivity index (χ3n) is 1.70. The van der Waals surface area contributed by atoms with Crippen LogP contribution in [0.15, 0.2) is 24.3 Å². The smallest absolute Gasteiger partial charge is 0.217 e. The van der Waals surface area contributed by atoms with Crippen LogP contribution in [-0.4, -0.2) is 5.91 Å². The molecule has 0 radical (unpaired) electrons. The van der Waals surface area contributed by atoms with Crippen molar-refractivity contribution in [2.75, 3.05) is 5.73 Å². The Morgan fingerprint density at radius 2 is 1.92 bits per heavy atom. The molecule has 1 amide bonds. The topological polar surface area (TPSA) is 69.1 Å². The van der Waals surface area contributed by atoms with Gasteiger partial charge in [-0.2, -0.15) is 0 Å². The van der Waals surface area contributed by atoms with Gasteiger partial charge in [0.2, 0.25) is 5.91 Å². The van der Waals surface area contributed by atoms with E-state index in [2.05, 4.69) is 0 Å². The maximum Gasteiger partial charge on any atom is 0.217 e. The van der Waals surface area contributed by atoms with E-state index in [1.54, 1.807) is 0 Å². The largest absolute Gasteiger partial charge is 0.399 e. The van der Waals surface area contributed by atoms with Crippen molar-refractivity contribution in [3.63, 3.8) is 0 Å². The maximum atomic E-state index is 10.5. The molecule has 0 saturated carbocycles. The van der Waals surface area contributed by atoms with E-state index in [-0.39, 0.29) is 18.3 Å². The Morgan fingerprint density at radius 3 is 2.46 bits per heavy atom. The van der Waals surface area contributed by atoms with Crippen LogP contribution < -0.4 is 11.5 Å². The van der Waals surface area contributed by atoms with Crippen molar-refractivity contribution in [2.24, 2.45) is 5.73 Å². The van der Waals surface area contributed by atoms with Gasteiger partial charge in [-0.3, -0.25) is 4.79 Å². The van der Waals surface area contributed by atoms with Crippen LogP contribution in [-0.2, 0) is 11.2 Å². The third kappa shape index (κ3) is 3.80. The first-order valence-electron chi connectivity index (χ1n) is 3.82. The van der Waals surface area contributed by atoms with Gasteiger partial charge in [0.1, 0.15) is 0 Å². The van der Waals surface area contributed by atoms with Crippen molar-refractivity contribution in [1.29, 1.82) is 0 Å². The first-order chi connectivity index (χ1) is 5.70. The lowest BCUT2D eigenvalue weighted by Crippen LogP contribution is -2.11. The van der Waals surface area contributed by atoms with Crippen molar-refractivity contribution in [2.45, 2.75) is 12.8 Å². The lowest BCUT2D eigenvalue weighted by molar-refractivity contribution is -0.117. The van der Waals surface area contributed by atoms with Crippen LogP contribution in [0.1, 0.15) is 12.0 Å². The van der Waals surface area contributed by atoms with Crippen molar-refractivity contribution in [3.8, 4) is 0 Å². The van der Waals surface area contributed by atoms with E-state index < -0.39 is 0 Å². The van der Waals surface area contributed by atoms with Crippen molar-refractivity contribution < 1.29 is 4.79 Å². The Bertz CT molecular complexity index is 289. The summed E-state index contributed by atoms with van der Waals surface area (Å²) in [5.41, 5.74) is 12.4. The van der Waals surface area contributed by atoms with Gasteiger partial charge >= 0.3 is 0 Å². The molecular weight excluding hydrogens is 188 g/mol. The molecule has 4 N–H and O–H groups in total. The Labute approximate surface area is 83.5 Å². The van der Waals surface area contributed by atoms with Gasteiger partial charge in [0, 0.05) is 12.1 Å². The molecule has 0 unspecified atom stereocenters. The van der Waals surface area contributed by atoms with Crippen molar-refractivity contribution >= 4 is 24.0 Å². The summed E-state index contributed by atoms with van der Waals surface area (Å²) < 4.78 is 0. The number of carbonyl (C=O) groups is 1. The summed E-state index contributed by atoms with van der Waals surface area (Å²) in [5, 5.41) is 0. The molecule has 13 heavy (non-hydrogen) atoms. The van der Waals surface area contributed by atoms with Gasteiger partial charge < -0.3 is 11.5 Å². The van der Waals surface area contributed by atoms with Crippen molar-refractivity contribution in [3.05, 3.63) is 29.8 Å². The monoisotopic (exact) mass is 200 g/mol. The van der Waals surface area contributed by atoms with Gasteiger partial charge in [-0.15, -0.1) is 12.4 Å². The number of rotatable bonds is 3. The van der Waals surface area contributed by atoms with Crippen LogP contribution in [0.2, 0.25) is 0 Å². The molecule has 3 nitrogen and oxygen atoms in total. The Kier molecular flexibility index (Phi) is 4.92. The summed E-state index contributed by atoms with van der Waals surface area (Å²) in [4.78, 5) is 10.5. The molecule has 1 aromatic rings. The summed E-state index contributed by atoms with van der Waals surface area (Å²) in [6.07, 6.45) is 0.982. The van der Waals surface area contributed by atoms with Gasteiger partial charge in [-0.05, 0) is 18.1 Å². The number of anilines is 1. The standard InChI is InChI=1S/C9H12N2O.ClH/c10-8-4-2-1-3-7(8)5-6-9(11)12;/h1-4H,5-6,10H2,(H2,11,12);1H. The van der Waals surface area contributed by atoms with Crippen LogP contribution in [0.5, 0.6) is 0 Å². The molecule has 0 spiro atoms. The zero-order chi connectivity index (χ0) is 8.97. The molecule has 0 bridgehead atoms. The van der Waals surface area contributed by atoms with E-state index in [1.807, 2.05) is 24.3 Å². The number of halogens is 1. The van der Waals surface area contributed by atoms with Gasteiger partial charge in [0.05, 0.1) is 0 Å². The highest BCUT2D eigenvalue weighted by Crippen LogP contribution is 2.11. The lowest BCUT2D eigenvalue weighted by atomic mass is 10.1. The summed E-state index contributed by atoms with van der Waals surface area (Å²) in [7, 11) is 0. The van der Waals surface area contributed by atoms with E-state index in [0.717, 1.165) is 11.3 Å². The number of primary amides is 1. The van der Waals surface area contributed by atoms with Crippen LogP contribution in [0.3, 0.4) is 0 Å². The number of amides is 1. The fourth-order valence-electron chi connectivity index (χ4n) is 1.02. The molecule has 0 atom stereocenters. The van der Waals surface area contributed by atoms with E-state index >= 15 is 0 Å². The molecule has 0 aliphatic heterocycles. The van der Waals surface area contributed by atoms with Gasteiger partial charge in [-0.1, -0.05) is 18.2 Å². The fourth-order valence-corrected chi connectivity index (χ4v) is 1.02. The average Bonchev–Trinajstić information content (AvgIpc) is 2.03. The molecule has 4 heteroatoms. The third-order valence-corrected chi connectivity index (χ3v) is 1.70. The molecule has 72 valence electrons. The second-order valence-electron chi connectivity index (χ2n) is 2.67. The van der Waals surface area contributed by atoms with Crippen LogP contribution in [0.4, 0.5) is 5.69 Å². The predicted molar refractivity (Wildman–Crippen MR) is 55.6 cm³/mol. The highest BCUT2D eigenvalue weighted by Gasteiger charge is 1.99. The van der Waals surface area contributed by atoms with Gasteiger partial charge in [-0.25, -0.2) is 0 Å². The van der Waals surface area contributed by atoms with E-state index in [9.17, 15) is 4.79 Å². The number of aryl methyl sites for hydroxylation is 1. The number of nitrogens with two attached hydrogens (primary N) is 2. The van der Waals surface area contributed by atoms with Gasteiger partial charge in [0.25, 0.3) is 0 Å². The highest BCUT2D eigenvalue weighted by molar-refractivity contribution is 5.85. The van der Waals surface area contributed by atoms with E-state index in [4.69, 9.17) is 11.5 Å². The van der Waals surface area contributed by atoms with Crippen LogP contribution in [0.25, 0.3) is 0 Å². The number of benzene rings is 1. The van der Waals surface area contributed by atoms with E-state index in [1.165, 1.54) is 0 Å².